The van der Waals surface area contributed by atoms with Crippen molar-refractivity contribution in [2.45, 2.75) is 69.4 Å². The number of rotatable bonds is 5. The number of hydrogen-bond donors (Lipinski definition) is 4. The van der Waals surface area contributed by atoms with E-state index in [1.54, 1.807) is 0 Å². The monoisotopic (exact) mass is 286 g/mol. The molecule has 20 heavy (non-hydrogen) atoms. The number of hydrogen-bond acceptors (Lipinski definition) is 5. The van der Waals surface area contributed by atoms with Gasteiger partial charge in [0.2, 0.25) is 5.91 Å². The maximum atomic E-state index is 11.8. The van der Waals surface area contributed by atoms with Crippen LogP contribution in [0.5, 0.6) is 0 Å². The molecule has 2 aliphatic heterocycles. The molecule has 0 radical (unpaired) electrons. The van der Waals surface area contributed by atoms with Gasteiger partial charge in [-0.2, -0.15) is 0 Å². The highest BCUT2D eigenvalue weighted by Crippen LogP contribution is 2.28. The van der Waals surface area contributed by atoms with Gasteiger partial charge in [0.25, 0.3) is 0 Å². The summed E-state index contributed by atoms with van der Waals surface area (Å²) in [6.07, 6.45) is 1.36. The fourth-order valence-corrected chi connectivity index (χ4v) is 3.26. The third-order valence-corrected chi connectivity index (χ3v) is 4.42. The molecule has 2 saturated heterocycles. The van der Waals surface area contributed by atoms with Crippen molar-refractivity contribution >= 4 is 5.91 Å². The predicted octanol–water partition coefficient (Wildman–Crippen LogP) is -0.778. The van der Waals surface area contributed by atoms with Crippen LogP contribution < -0.4 is 5.32 Å². The van der Waals surface area contributed by atoms with Gasteiger partial charge < -0.3 is 20.6 Å². The molecule has 116 valence electrons. The summed E-state index contributed by atoms with van der Waals surface area (Å²) >= 11 is 0. The molecule has 2 heterocycles. The Bertz CT molecular complexity index is 339. The van der Waals surface area contributed by atoms with Gasteiger partial charge in [-0.1, -0.05) is 19.8 Å². The number of piperidine rings is 1. The summed E-state index contributed by atoms with van der Waals surface area (Å²) < 4.78 is 0. The van der Waals surface area contributed by atoms with Crippen LogP contribution in [-0.4, -0.2) is 69.6 Å². The quantitative estimate of drug-likeness (QED) is 0.498. The molecule has 1 amide bonds. The Hall–Kier alpha value is -0.690. The minimum atomic E-state index is -1.01. The molecular formula is C14H26N2O4. The number of nitrogens with zero attached hydrogens (tertiary/aromatic N) is 1. The van der Waals surface area contributed by atoms with Crippen molar-refractivity contribution in [1.82, 2.24) is 10.2 Å². The lowest BCUT2D eigenvalue weighted by Gasteiger charge is -2.43. The Kier molecular flexibility index (Phi) is 5.37. The van der Waals surface area contributed by atoms with Crippen LogP contribution in [0.3, 0.4) is 0 Å². The molecule has 0 aromatic rings. The lowest BCUT2D eigenvalue weighted by molar-refractivity contribution is -0.129. The number of fused-ring (bicyclic) bond motifs is 1. The SMILES string of the molecule is CCCCCC(=O)NC1CN2CCC(O)C2C(O)C1O. The Labute approximate surface area is 119 Å². The first kappa shape index (κ1) is 15.7. The smallest absolute Gasteiger partial charge is 0.220 e. The maximum absolute atomic E-state index is 11.8. The van der Waals surface area contributed by atoms with E-state index in [0.717, 1.165) is 19.3 Å². The van der Waals surface area contributed by atoms with Gasteiger partial charge in [0.05, 0.1) is 24.3 Å². The number of carbonyl (C=O) groups is 1. The molecule has 6 nitrogen and oxygen atoms in total. The van der Waals surface area contributed by atoms with E-state index < -0.39 is 30.4 Å². The molecule has 0 spiro atoms. The van der Waals surface area contributed by atoms with Gasteiger partial charge in [-0.15, -0.1) is 0 Å². The molecule has 0 saturated carbocycles. The number of amides is 1. The van der Waals surface area contributed by atoms with Crippen molar-refractivity contribution in [3.8, 4) is 0 Å². The van der Waals surface area contributed by atoms with E-state index in [9.17, 15) is 20.1 Å². The fraction of sp³-hybridized carbons (Fsp3) is 0.929. The van der Waals surface area contributed by atoms with Crippen molar-refractivity contribution in [1.29, 1.82) is 0 Å². The molecule has 0 aromatic heterocycles. The van der Waals surface area contributed by atoms with Gasteiger partial charge in [0, 0.05) is 19.5 Å². The second-order valence-corrected chi connectivity index (χ2v) is 5.95. The number of nitrogens with one attached hydrogen (secondary N) is 1. The Morgan fingerprint density at radius 2 is 2.00 bits per heavy atom. The molecule has 0 bridgehead atoms. The summed E-state index contributed by atoms with van der Waals surface area (Å²) in [6.45, 7) is 3.26. The second kappa shape index (κ2) is 6.85. The molecule has 0 aliphatic carbocycles. The molecule has 6 heteroatoms. The molecule has 5 unspecified atom stereocenters. The van der Waals surface area contributed by atoms with Gasteiger partial charge in [0.15, 0.2) is 0 Å². The Morgan fingerprint density at radius 1 is 1.25 bits per heavy atom. The van der Waals surface area contributed by atoms with E-state index in [2.05, 4.69) is 12.2 Å². The average molecular weight is 286 g/mol. The van der Waals surface area contributed by atoms with Crippen LogP contribution in [0.4, 0.5) is 0 Å². The topological polar surface area (TPSA) is 93.0 Å². The first-order valence-electron chi connectivity index (χ1n) is 7.62. The van der Waals surface area contributed by atoms with Crippen molar-refractivity contribution in [3.63, 3.8) is 0 Å². The van der Waals surface area contributed by atoms with E-state index in [1.165, 1.54) is 0 Å². The van der Waals surface area contributed by atoms with Crippen molar-refractivity contribution in [3.05, 3.63) is 0 Å². The van der Waals surface area contributed by atoms with E-state index in [0.29, 0.717) is 25.9 Å². The lowest BCUT2D eigenvalue weighted by atomic mass is 9.91. The summed E-state index contributed by atoms with van der Waals surface area (Å²) in [5.74, 6) is -0.0760. The third kappa shape index (κ3) is 3.31. The van der Waals surface area contributed by atoms with Gasteiger partial charge in [-0.25, -0.2) is 0 Å². The lowest BCUT2D eigenvalue weighted by Crippen LogP contribution is -2.65. The number of aliphatic hydroxyl groups is 3. The first-order valence-corrected chi connectivity index (χ1v) is 7.62. The zero-order valence-corrected chi connectivity index (χ0v) is 12.0. The molecule has 5 atom stereocenters. The van der Waals surface area contributed by atoms with Gasteiger partial charge in [-0.3, -0.25) is 9.69 Å². The summed E-state index contributed by atoms with van der Waals surface area (Å²) in [4.78, 5) is 13.8. The minimum Gasteiger partial charge on any atom is -0.391 e. The highest BCUT2D eigenvalue weighted by Gasteiger charge is 2.48. The van der Waals surface area contributed by atoms with Crippen molar-refractivity contribution in [2.75, 3.05) is 13.1 Å². The van der Waals surface area contributed by atoms with Crippen LogP contribution in [0.15, 0.2) is 0 Å². The van der Waals surface area contributed by atoms with Crippen molar-refractivity contribution in [2.24, 2.45) is 0 Å². The van der Waals surface area contributed by atoms with E-state index in [-0.39, 0.29) is 5.91 Å². The van der Waals surface area contributed by atoms with Gasteiger partial charge >= 0.3 is 0 Å². The zero-order chi connectivity index (χ0) is 14.7. The average Bonchev–Trinajstić information content (AvgIpc) is 2.77. The molecule has 2 rings (SSSR count). The van der Waals surface area contributed by atoms with Crippen LogP contribution in [-0.2, 0) is 4.79 Å². The summed E-state index contributed by atoms with van der Waals surface area (Å²) in [7, 11) is 0. The zero-order valence-electron chi connectivity index (χ0n) is 12.0. The maximum Gasteiger partial charge on any atom is 0.220 e. The van der Waals surface area contributed by atoms with Crippen LogP contribution in [0.1, 0.15) is 39.0 Å². The number of unbranched alkanes of at least 4 members (excludes halogenated alkanes) is 2. The first-order chi connectivity index (χ1) is 9.54. The Balaban J connectivity index is 1.88. The minimum absolute atomic E-state index is 0.0760. The van der Waals surface area contributed by atoms with Crippen LogP contribution >= 0.6 is 0 Å². The highest BCUT2D eigenvalue weighted by atomic mass is 16.3. The highest BCUT2D eigenvalue weighted by molar-refractivity contribution is 5.76. The summed E-state index contributed by atoms with van der Waals surface area (Å²) in [5.41, 5.74) is 0. The second-order valence-electron chi connectivity index (χ2n) is 5.95. The van der Waals surface area contributed by atoms with Gasteiger partial charge in [0.1, 0.15) is 6.10 Å². The predicted molar refractivity (Wildman–Crippen MR) is 74.1 cm³/mol. The normalized spacial score (nSPS) is 37.7. The fourth-order valence-electron chi connectivity index (χ4n) is 3.26. The van der Waals surface area contributed by atoms with Gasteiger partial charge in [-0.05, 0) is 12.8 Å². The van der Waals surface area contributed by atoms with Crippen LogP contribution in [0.2, 0.25) is 0 Å². The van der Waals surface area contributed by atoms with Crippen LogP contribution in [0, 0.1) is 0 Å². The third-order valence-electron chi connectivity index (χ3n) is 4.42. The number of carbonyl (C=O) groups excluding carboxylic acids is 1. The summed E-state index contributed by atoms with van der Waals surface area (Å²) in [5, 5.41) is 32.9. The van der Waals surface area contributed by atoms with E-state index >= 15 is 0 Å². The van der Waals surface area contributed by atoms with E-state index in [1.807, 2.05) is 4.90 Å². The standard InChI is InChI=1S/C14H26N2O4/c1-2-3-4-5-11(18)15-9-8-16-7-6-10(17)12(16)14(20)13(9)19/h9-10,12-14,17,19-20H,2-8H2,1H3,(H,15,18). The van der Waals surface area contributed by atoms with Crippen LogP contribution in [0.25, 0.3) is 0 Å². The molecule has 2 fully saturated rings. The Morgan fingerprint density at radius 3 is 2.70 bits per heavy atom. The molecule has 2 aliphatic rings. The molecular weight excluding hydrogens is 260 g/mol. The number of aliphatic hydroxyl groups excluding tert-OH is 3. The summed E-state index contributed by atoms with van der Waals surface area (Å²) in [6, 6.07) is -0.862. The molecule has 0 aromatic carbocycles. The van der Waals surface area contributed by atoms with Crippen molar-refractivity contribution < 1.29 is 20.1 Å². The van der Waals surface area contributed by atoms with E-state index in [4.69, 9.17) is 0 Å². The molecule has 4 N–H and O–H groups in total. The largest absolute Gasteiger partial charge is 0.391 e.